The van der Waals surface area contributed by atoms with E-state index in [1.54, 1.807) is 24.3 Å². The number of nitrogens with two attached hydrogens (primary N) is 1. The van der Waals surface area contributed by atoms with Crippen LogP contribution in [-0.4, -0.2) is 28.7 Å². The minimum absolute atomic E-state index is 0.255. The molecule has 3 aromatic rings. The van der Waals surface area contributed by atoms with Crippen LogP contribution >= 0.6 is 0 Å². The molecule has 0 spiro atoms. The van der Waals surface area contributed by atoms with Crippen LogP contribution in [0.3, 0.4) is 0 Å². The molecule has 2 N–H and O–H groups in total. The summed E-state index contributed by atoms with van der Waals surface area (Å²) < 4.78 is 43.3. The van der Waals surface area contributed by atoms with Gasteiger partial charge in [0.1, 0.15) is 23.3 Å². The number of nitrogen functional groups attached to an aromatic ring is 1. The Morgan fingerprint density at radius 2 is 1.79 bits per heavy atom. The average Bonchev–Trinajstić information content (AvgIpc) is 2.83. The predicted molar refractivity (Wildman–Crippen MR) is 101 cm³/mol. The highest BCUT2D eigenvalue weighted by molar-refractivity contribution is 5.63. The summed E-state index contributed by atoms with van der Waals surface area (Å²) in [5.74, 6) is -1.75. The Kier molecular flexibility index (Phi) is 4.77. The van der Waals surface area contributed by atoms with Gasteiger partial charge in [-0.2, -0.15) is 0 Å². The molecule has 4 rings (SSSR count). The molecule has 0 radical (unpaired) electrons. The molecule has 1 aliphatic heterocycles. The first-order chi connectivity index (χ1) is 13.4. The van der Waals surface area contributed by atoms with Crippen molar-refractivity contribution in [3.63, 3.8) is 0 Å². The second-order valence-electron chi connectivity index (χ2n) is 7.08. The Morgan fingerprint density at radius 3 is 2.50 bits per heavy atom. The number of halogens is 3. The molecule has 0 saturated heterocycles. The van der Waals surface area contributed by atoms with Gasteiger partial charge in [0, 0.05) is 29.7 Å². The zero-order chi connectivity index (χ0) is 19.8. The summed E-state index contributed by atoms with van der Waals surface area (Å²) in [6.07, 6.45) is 0.604. The Morgan fingerprint density at radius 1 is 1.00 bits per heavy atom. The first-order valence-electron chi connectivity index (χ1n) is 8.98. The standard InChI is InChI=1S/C21H19F3N4/c1-28-9-8-14(15-3-2-12(22)10-18(15)23)13-4-5-16(21(24)17(13)11-28)19-6-7-20(25)27-26-19/h2-7,10,14H,8-9,11H2,1H3,(H2,25,27). The molecule has 0 amide bonds. The quantitative estimate of drug-likeness (QED) is 0.723. The van der Waals surface area contributed by atoms with Gasteiger partial charge in [0.15, 0.2) is 0 Å². The summed E-state index contributed by atoms with van der Waals surface area (Å²) in [4.78, 5) is 1.99. The largest absolute Gasteiger partial charge is 0.382 e. The summed E-state index contributed by atoms with van der Waals surface area (Å²) >= 11 is 0. The summed E-state index contributed by atoms with van der Waals surface area (Å²) in [5.41, 5.74) is 7.83. The van der Waals surface area contributed by atoms with Crippen LogP contribution < -0.4 is 5.73 Å². The normalized spacial score (nSPS) is 17.2. The maximum absolute atomic E-state index is 15.5. The predicted octanol–water partition coefficient (Wildman–Crippen LogP) is 4.11. The third-order valence-electron chi connectivity index (χ3n) is 5.18. The minimum Gasteiger partial charge on any atom is -0.382 e. The molecule has 1 aromatic heterocycles. The van der Waals surface area contributed by atoms with Crippen LogP contribution in [0.15, 0.2) is 42.5 Å². The van der Waals surface area contributed by atoms with Crippen molar-refractivity contribution < 1.29 is 13.2 Å². The molecule has 2 heterocycles. The Bertz CT molecular complexity index is 1020. The second kappa shape index (κ2) is 7.24. The molecule has 7 heteroatoms. The van der Waals surface area contributed by atoms with E-state index in [1.165, 1.54) is 12.1 Å². The Balaban J connectivity index is 1.85. The SMILES string of the molecule is CN1CCC(c2ccc(F)cc2F)c2ccc(-c3ccc(N)nn3)c(F)c2C1. The number of hydrogen-bond donors (Lipinski definition) is 1. The monoisotopic (exact) mass is 384 g/mol. The number of anilines is 1. The number of nitrogens with zero attached hydrogens (tertiary/aromatic N) is 3. The van der Waals surface area contributed by atoms with Crippen molar-refractivity contribution in [2.24, 2.45) is 0 Å². The van der Waals surface area contributed by atoms with E-state index >= 15 is 4.39 Å². The molecule has 1 atom stereocenters. The maximum Gasteiger partial charge on any atom is 0.146 e. The van der Waals surface area contributed by atoms with Gasteiger partial charge in [-0.05, 0) is 55.4 Å². The van der Waals surface area contributed by atoms with Crippen molar-refractivity contribution in [1.29, 1.82) is 0 Å². The highest BCUT2D eigenvalue weighted by atomic mass is 19.1. The molecule has 0 bridgehead atoms. The van der Waals surface area contributed by atoms with E-state index in [9.17, 15) is 8.78 Å². The molecular formula is C21H19F3N4. The van der Waals surface area contributed by atoms with Crippen LogP contribution in [0.1, 0.15) is 29.0 Å². The first kappa shape index (κ1) is 18.4. The third kappa shape index (κ3) is 3.33. The Labute approximate surface area is 160 Å². The van der Waals surface area contributed by atoms with E-state index in [-0.39, 0.29) is 11.7 Å². The van der Waals surface area contributed by atoms with Gasteiger partial charge in [0.05, 0.1) is 5.69 Å². The van der Waals surface area contributed by atoms with Crippen LogP contribution in [0.2, 0.25) is 0 Å². The number of rotatable bonds is 2. The Hall–Kier alpha value is -2.93. The number of fused-ring (bicyclic) bond motifs is 1. The van der Waals surface area contributed by atoms with Crippen LogP contribution in [0.4, 0.5) is 19.0 Å². The van der Waals surface area contributed by atoms with Gasteiger partial charge in [-0.25, -0.2) is 13.2 Å². The van der Waals surface area contributed by atoms with Gasteiger partial charge >= 0.3 is 0 Å². The van der Waals surface area contributed by atoms with Crippen molar-refractivity contribution in [2.45, 2.75) is 18.9 Å². The van der Waals surface area contributed by atoms with Gasteiger partial charge < -0.3 is 10.6 Å². The highest BCUT2D eigenvalue weighted by Gasteiger charge is 2.28. The highest BCUT2D eigenvalue weighted by Crippen LogP contribution is 2.38. The molecule has 1 aliphatic rings. The van der Waals surface area contributed by atoms with E-state index < -0.39 is 17.5 Å². The van der Waals surface area contributed by atoms with E-state index in [1.807, 2.05) is 11.9 Å². The molecule has 0 aliphatic carbocycles. The van der Waals surface area contributed by atoms with Crippen LogP contribution in [0, 0.1) is 17.5 Å². The number of aromatic nitrogens is 2. The first-order valence-corrected chi connectivity index (χ1v) is 8.98. The molecule has 28 heavy (non-hydrogen) atoms. The van der Waals surface area contributed by atoms with Crippen molar-refractivity contribution >= 4 is 5.82 Å². The smallest absolute Gasteiger partial charge is 0.146 e. The maximum atomic E-state index is 15.5. The van der Waals surface area contributed by atoms with Crippen molar-refractivity contribution in [3.05, 3.63) is 76.6 Å². The van der Waals surface area contributed by atoms with Gasteiger partial charge in [-0.1, -0.05) is 12.1 Å². The van der Waals surface area contributed by atoms with Gasteiger partial charge in [-0.15, -0.1) is 10.2 Å². The zero-order valence-electron chi connectivity index (χ0n) is 15.3. The van der Waals surface area contributed by atoms with E-state index in [4.69, 9.17) is 5.73 Å². The van der Waals surface area contributed by atoms with E-state index in [2.05, 4.69) is 10.2 Å². The topological polar surface area (TPSA) is 55.0 Å². The summed E-state index contributed by atoms with van der Waals surface area (Å²) in [6, 6.07) is 10.2. The lowest BCUT2D eigenvalue weighted by Crippen LogP contribution is -2.18. The molecule has 0 saturated carbocycles. The fraction of sp³-hybridized carbons (Fsp3) is 0.238. The average molecular weight is 384 g/mol. The molecule has 2 aromatic carbocycles. The minimum atomic E-state index is -0.629. The summed E-state index contributed by atoms with van der Waals surface area (Å²) in [5, 5.41) is 7.76. The molecule has 1 unspecified atom stereocenters. The lowest BCUT2D eigenvalue weighted by Gasteiger charge is -2.20. The summed E-state index contributed by atoms with van der Waals surface area (Å²) in [7, 11) is 1.89. The van der Waals surface area contributed by atoms with Crippen molar-refractivity contribution in [3.8, 4) is 11.3 Å². The molecule has 144 valence electrons. The van der Waals surface area contributed by atoms with Gasteiger partial charge in [0.25, 0.3) is 0 Å². The van der Waals surface area contributed by atoms with Crippen LogP contribution in [0.5, 0.6) is 0 Å². The van der Waals surface area contributed by atoms with Crippen LogP contribution in [-0.2, 0) is 6.54 Å². The lowest BCUT2D eigenvalue weighted by molar-refractivity contribution is 0.323. The van der Waals surface area contributed by atoms with Crippen molar-refractivity contribution in [2.75, 3.05) is 19.3 Å². The van der Waals surface area contributed by atoms with Gasteiger partial charge in [-0.3, -0.25) is 0 Å². The van der Waals surface area contributed by atoms with Crippen molar-refractivity contribution in [1.82, 2.24) is 15.1 Å². The fourth-order valence-corrected chi connectivity index (χ4v) is 3.77. The fourth-order valence-electron chi connectivity index (χ4n) is 3.77. The second-order valence-corrected chi connectivity index (χ2v) is 7.08. The van der Waals surface area contributed by atoms with E-state index in [0.717, 1.165) is 6.07 Å². The molecular weight excluding hydrogens is 365 g/mol. The molecule has 4 nitrogen and oxygen atoms in total. The van der Waals surface area contributed by atoms with E-state index in [0.29, 0.717) is 47.5 Å². The zero-order valence-corrected chi connectivity index (χ0v) is 15.3. The van der Waals surface area contributed by atoms with Gasteiger partial charge in [0.2, 0.25) is 0 Å². The molecule has 0 fully saturated rings. The summed E-state index contributed by atoms with van der Waals surface area (Å²) in [6.45, 7) is 1.04. The third-order valence-corrected chi connectivity index (χ3v) is 5.18. The number of benzene rings is 2. The lowest BCUT2D eigenvalue weighted by atomic mass is 9.85. The number of hydrogen-bond acceptors (Lipinski definition) is 4. The van der Waals surface area contributed by atoms with Crippen LogP contribution in [0.25, 0.3) is 11.3 Å².